The molecule has 4 atom stereocenters. The van der Waals surface area contributed by atoms with Gasteiger partial charge in [0.2, 0.25) is 17.6 Å². The molecule has 4 N–H and O–H groups in total. The molecule has 1 fully saturated rings. The summed E-state index contributed by atoms with van der Waals surface area (Å²) in [6, 6.07) is -3.31. The molecule has 0 spiro atoms. The fourth-order valence-electron chi connectivity index (χ4n) is 4.32. The Bertz CT molecular complexity index is 969. The Morgan fingerprint density at radius 2 is 1.61 bits per heavy atom. The zero-order chi connectivity index (χ0) is 31.7. The van der Waals surface area contributed by atoms with Gasteiger partial charge in [-0.15, -0.1) is 0 Å². The third-order valence-corrected chi connectivity index (χ3v) is 6.13. The van der Waals surface area contributed by atoms with E-state index in [0.29, 0.717) is 6.42 Å². The first-order valence-corrected chi connectivity index (χ1v) is 14.0. The van der Waals surface area contributed by atoms with Crippen molar-refractivity contribution in [2.75, 3.05) is 19.7 Å². The maximum Gasteiger partial charge on any atom is 0.407 e. The lowest BCUT2D eigenvalue weighted by Crippen LogP contribution is -2.59. The third kappa shape index (κ3) is 12.0. The number of amides is 4. The molecule has 0 saturated carbocycles. The van der Waals surface area contributed by atoms with Crippen molar-refractivity contribution >= 4 is 35.6 Å². The van der Waals surface area contributed by atoms with Crippen molar-refractivity contribution in [2.45, 2.75) is 111 Å². The van der Waals surface area contributed by atoms with Crippen LogP contribution in [-0.2, 0) is 33.4 Å². The molecule has 13 nitrogen and oxygen atoms in total. The van der Waals surface area contributed by atoms with Gasteiger partial charge in [-0.05, 0) is 38.5 Å². The Kier molecular flexibility index (Phi) is 13.2. The summed E-state index contributed by atoms with van der Waals surface area (Å²) in [5, 5.41) is 16.0. The van der Waals surface area contributed by atoms with Crippen LogP contribution in [0.15, 0.2) is 0 Å². The largest absolute Gasteiger partial charge is 0.480 e. The lowest BCUT2D eigenvalue weighted by Gasteiger charge is -2.35. The van der Waals surface area contributed by atoms with Crippen molar-refractivity contribution in [3.05, 3.63) is 0 Å². The Morgan fingerprint density at radius 3 is 2.10 bits per heavy atom. The molecule has 4 amide bonds. The first kappa shape index (κ1) is 35.8. The minimum atomic E-state index is -1.32. The summed E-state index contributed by atoms with van der Waals surface area (Å²) in [7, 11) is 0. The van der Waals surface area contributed by atoms with Gasteiger partial charge in [-0.3, -0.25) is 24.0 Å². The normalized spacial score (nSPS) is 18.8. The Hall–Kier alpha value is -3.22. The lowest BCUT2D eigenvalue weighted by molar-refractivity contribution is -0.144. The van der Waals surface area contributed by atoms with Gasteiger partial charge in [-0.2, -0.15) is 0 Å². The van der Waals surface area contributed by atoms with E-state index < -0.39 is 77.4 Å². The van der Waals surface area contributed by atoms with E-state index in [1.807, 2.05) is 39.9 Å². The number of hydrogen-bond donors (Lipinski definition) is 4. The number of hydrogen-bond acceptors (Lipinski definition) is 8. The molecule has 0 bridgehead atoms. The molecule has 41 heavy (non-hydrogen) atoms. The van der Waals surface area contributed by atoms with Gasteiger partial charge in [0.25, 0.3) is 5.91 Å². The van der Waals surface area contributed by atoms with E-state index >= 15 is 0 Å². The number of likely N-dealkylation sites (tertiary alicyclic amines) is 1. The van der Waals surface area contributed by atoms with Gasteiger partial charge in [0.15, 0.2) is 0 Å². The smallest absolute Gasteiger partial charge is 0.407 e. The summed E-state index contributed by atoms with van der Waals surface area (Å²) in [4.78, 5) is 77.1. The van der Waals surface area contributed by atoms with Crippen molar-refractivity contribution in [1.82, 2.24) is 20.9 Å². The molecule has 1 saturated heterocycles. The van der Waals surface area contributed by atoms with Crippen molar-refractivity contribution in [2.24, 2.45) is 11.3 Å². The van der Waals surface area contributed by atoms with Crippen LogP contribution in [0.1, 0.15) is 81.6 Å². The second-order valence-electron chi connectivity index (χ2n) is 12.8. The van der Waals surface area contributed by atoms with E-state index in [9.17, 15) is 28.8 Å². The van der Waals surface area contributed by atoms with E-state index in [2.05, 4.69) is 10.6 Å². The quantitative estimate of drug-likeness (QED) is 0.234. The number of carbonyl (C=O) groups excluding carboxylic acids is 5. The van der Waals surface area contributed by atoms with E-state index in [0.717, 1.165) is 0 Å². The second kappa shape index (κ2) is 15.1. The summed E-state index contributed by atoms with van der Waals surface area (Å²) in [6.07, 6.45) is -0.568. The van der Waals surface area contributed by atoms with Gasteiger partial charge >= 0.3 is 12.1 Å². The number of carboxylic acids is 1. The van der Waals surface area contributed by atoms with E-state index in [1.54, 1.807) is 27.7 Å². The van der Waals surface area contributed by atoms with Gasteiger partial charge < -0.3 is 35.4 Å². The van der Waals surface area contributed by atoms with Crippen LogP contribution in [0.25, 0.3) is 0 Å². The summed E-state index contributed by atoms with van der Waals surface area (Å²) < 4.78 is 11.3. The van der Waals surface area contributed by atoms with E-state index in [4.69, 9.17) is 14.6 Å². The number of ketones is 1. The number of nitrogens with one attached hydrogen (secondary N) is 3. The molecular weight excluding hydrogens is 536 g/mol. The molecule has 0 aromatic carbocycles. The minimum Gasteiger partial charge on any atom is -0.480 e. The standard InChI is InChI=1S/C28H48N4O9/c1-10-11-18(21(35)24(37)29-13-20(33)34)30-23(36)19-12-17(41-28(7,8)9)14-32(19)25(38)22(27(4,5)6)31-26(39)40-15-16(2)3/h16-19,22H,10-15H2,1-9H3,(H,29,37)(H,30,36)(H,31,39)(H,33,34). The summed E-state index contributed by atoms with van der Waals surface area (Å²) in [5.41, 5.74) is -1.32. The molecule has 0 aromatic rings. The molecule has 0 aromatic heterocycles. The van der Waals surface area contributed by atoms with Gasteiger partial charge in [-0.1, -0.05) is 48.0 Å². The zero-order valence-corrected chi connectivity index (χ0v) is 25.8. The maximum atomic E-state index is 13.9. The topological polar surface area (TPSA) is 180 Å². The second-order valence-corrected chi connectivity index (χ2v) is 12.8. The molecule has 0 radical (unpaired) electrons. The number of ether oxygens (including phenoxy) is 2. The van der Waals surface area contributed by atoms with Crippen LogP contribution in [0.4, 0.5) is 4.79 Å². The highest BCUT2D eigenvalue weighted by Gasteiger charge is 2.46. The van der Waals surface area contributed by atoms with Gasteiger partial charge in [0, 0.05) is 13.0 Å². The van der Waals surface area contributed by atoms with Crippen molar-refractivity contribution < 1.29 is 43.3 Å². The Labute approximate surface area is 242 Å². The average molecular weight is 585 g/mol. The number of aliphatic carboxylic acids is 1. The average Bonchev–Trinajstić information content (AvgIpc) is 3.24. The van der Waals surface area contributed by atoms with E-state index in [-0.39, 0.29) is 31.9 Å². The molecular formula is C28H48N4O9. The number of Topliss-reactive ketones (excluding diaryl/α,β-unsaturated/α-hetero) is 1. The van der Waals surface area contributed by atoms with Crippen LogP contribution in [0, 0.1) is 11.3 Å². The summed E-state index contributed by atoms with van der Waals surface area (Å²) in [6.45, 7) is 15.9. The fraction of sp³-hybridized carbons (Fsp3) is 0.786. The molecule has 1 rings (SSSR count). The van der Waals surface area contributed by atoms with Crippen LogP contribution in [-0.4, -0.2) is 95.1 Å². The van der Waals surface area contributed by atoms with Crippen LogP contribution in [0.2, 0.25) is 0 Å². The zero-order valence-electron chi connectivity index (χ0n) is 25.8. The number of rotatable bonds is 13. The van der Waals surface area contributed by atoms with Crippen molar-refractivity contribution in [3.63, 3.8) is 0 Å². The Morgan fingerprint density at radius 1 is 1.00 bits per heavy atom. The van der Waals surface area contributed by atoms with Crippen molar-refractivity contribution in [1.29, 1.82) is 0 Å². The molecule has 0 aliphatic carbocycles. The minimum absolute atomic E-state index is 0.0645. The van der Waals surface area contributed by atoms with Crippen LogP contribution < -0.4 is 16.0 Å². The number of nitrogens with zero attached hydrogens (tertiary/aromatic N) is 1. The third-order valence-electron chi connectivity index (χ3n) is 6.13. The predicted octanol–water partition coefficient (Wildman–Crippen LogP) is 1.62. The molecule has 234 valence electrons. The van der Waals surface area contributed by atoms with Crippen LogP contribution >= 0.6 is 0 Å². The molecule has 1 aliphatic rings. The number of carboxylic acid groups (broad SMARTS) is 1. The highest BCUT2D eigenvalue weighted by Crippen LogP contribution is 2.29. The van der Waals surface area contributed by atoms with Gasteiger partial charge in [0.05, 0.1) is 24.4 Å². The maximum absolute atomic E-state index is 13.9. The van der Waals surface area contributed by atoms with Crippen LogP contribution in [0.5, 0.6) is 0 Å². The summed E-state index contributed by atoms with van der Waals surface area (Å²) in [5.74, 6) is -4.51. The lowest BCUT2D eigenvalue weighted by atomic mass is 9.85. The number of alkyl carbamates (subject to hydrolysis) is 1. The Balaban J connectivity index is 3.27. The monoisotopic (exact) mass is 584 g/mol. The first-order chi connectivity index (χ1) is 18.8. The fourth-order valence-corrected chi connectivity index (χ4v) is 4.32. The molecule has 13 heteroatoms. The van der Waals surface area contributed by atoms with Gasteiger partial charge in [-0.25, -0.2) is 4.79 Å². The summed E-state index contributed by atoms with van der Waals surface area (Å²) >= 11 is 0. The predicted molar refractivity (Wildman–Crippen MR) is 150 cm³/mol. The highest BCUT2D eigenvalue weighted by molar-refractivity contribution is 6.38. The van der Waals surface area contributed by atoms with Crippen molar-refractivity contribution in [3.8, 4) is 0 Å². The highest BCUT2D eigenvalue weighted by atomic mass is 16.5. The van der Waals surface area contributed by atoms with Gasteiger partial charge in [0.1, 0.15) is 18.6 Å². The SMILES string of the molecule is CCCC(NC(=O)C1CC(OC(C)(C)C)CN1C(=O)C(NC(=O)OCC(C)C)C(C)(C)C)C(=O)C(=O)NCC(=O)O. The molecule has 1 heterocycles. The molecule has 4 unspecified atom stereocenters. The van der Waals surface area contributed by atoms with Crippen LogP contribution in [0.3, 0.4) is 0 Å². The van der Waals surface area contributed by atoms with E-state index in [1.165, 1.54) is 4.90 Å². The molecule has 1 aliphatic heterocycles. The first-order valence-electron chi connectivity index (χ1n) is 14.0. The number of carbonyl (C=O) groups is 6.